The molecule has 0 saturated carbocycles. The second-order valence-corrected chi connectivity index (χ2v) is 7.26. The van der Waals surface area contributed by atoms with Crippen molar-refractivity contribution < 1.29 is 9.53 Å². The van der Waals surface area contributed by atoms with Crippen LogP contribution in [-0.2, 0) is 11.2 Å². The van der Waals surface area contributed by atoms with Crippen molar-refractivity contribution in [1.29, 1.82) is 0 Å². The minimum Gasteiger partial charge on any atom is -0.497 e. The molecule has 1 fully saturated rings. The van der Waals surface area contributed by atoms with Gasteiger partial charge in [-0.3, -0.25) is 4.79 Å². The van der Waals surface area contributed by atoms with E-state index in [4.69, 9.17) is 4.74 Å². The topological polar surface area (TPSA) is 41.6 Å². The Kier molecular flexibility index (Phi) is 7.57. The van der Waals surface area contributed by atoms with Crippen molar-refractivity contribution in [2.24, 2.45) is 11.8 Å². The number of nitrogens with zero attached hydrogens (tertiary/aromatic N) is 1. The van der Waals surface area contributed by atoms with E-state index in [0.29, 0.717) is 6.42 Å². The number of amides is 1. The lowest BCUT2D eigenvalue weighted by atomic mass is 9.92. The van der Waals surface area contributed by atoms with Crippen LogP contribution in [0.25, 0.3) is 0 Å². The van der Waals surface area contributed by atoms with Crippen LogP contribution in [0.4, 0.5) is 0 Å². The highest BCUT2D eigenvalue weighted by Gasteiger charge is 2.20. The molecule has 2 rings (SSSR count). The number of hydrogen-bond acceptors (Lipinski definition) is 3. The maximum atomic E-state index is 11.9. The molecule has 1 amide bonds. The Balaban J connectivity index is 1.57. The number of piperidine rings is 1. The molecule has 1 heterocycles. The summed E-state index contributed by atoms with van der Waals surface area (Å²) < 4.78 is 5.14. The zero-order valence-electron chi connectivity index (χ0n) is 15.4. The molecule has 2 atom stereocenters. The molecule has 1 aliphatic rings. The number of rotatable bonds is 8. The lowest BCUT2D eigenvalue weighted by molar-refractivity contribution is -0.121. The quantitative estimate of drug-likeness (QED) is 0.744. The highest BCUT2D eigenvalue weighted by atomic mass is 16.5. The summed E-state index contributed by atoms with van der Waals surface area (Å²) in [7, 11) is 1.66. The number of likely N-dealkylation sites (tertiary alicyclic amines) is 1. The van der Waals surface area contributed by atoms with Crippen molar-refractivity contribution >= 4 is 5.91 Å². The highest BCUT2D eigenvalue weighted by Crippen LogP contribution is 2.20. The molecule has 4 nitrogen and oxygen atoms in total. The highest BCUT2D eigenvalue weighted by molar-refractivity contribution is 5.76. The maximum Gasteiger partial charge on any atom is 0.220 e. The van der Waals surface area contributed by atoms with Gasteiger partial charge in [-0.05, 0) is 55.3 Å². The fourth-order valence-electron chi connectivity index (χ4n) is 3.64. The van der Waals surface area contributed by atoms with Gasteiger partial charge in [-0.1, -0.05) is 26.0 Å². The molecule has 134 valence electrons. The standard InChI is InChI=1S/C20H32N2O2/c1-16-13-17(2)15-22(14-16)12-4-11-21-20(23)10-7-18-5-8-19(24-3)9-6-18/h5-6,8-9,16-17H,4,7,10-15H2,1-3H3,(H,21,23)/t16-,17+. The third-order valence-electron chi connectivity index (χ3n) is 4.72. The van der Waals surface area contributed by atoms with Crippen LogP contribution in [0.3, 0.4) is 0 Å². The van der Waals surface area contributed by atoms with Gasteiger partial charge in [0.15, 0.2) is 0 Å². The van der Waals surface area contributed by atoms with E-state index in [2.05, 4.69) is 24.1 Å². The number of ether oxygens (including phenoxy) is 1. The van der Waals surface area contributed by atoms with Crippen LogP contribution in [0.2, 0.25) is 0 Å². The number of methoxy groups -OCH3 is 1. The number of nitrogens with one attached hydrogen (secondary N) is 1. The molecule has 0 unspecified atom stereocenters. The van der Waals surface area contributed by atoms with Crippen LogP contribution in [-0.4, -0.2) is 44.1 Å². The molecule has 0 aliphatic carbocycles. The minimum absolute atomic E-state index is 0.145. The predicted molar refractivity (Wildman–Crippen MR) is 98.3 cm³/mol. The molecule has 24 heavy (non-hydrogen) atoms. The average Bonchev–Trinajstić information content (AvgIpc) is 2.56. The van der Waals surface area contributed by atoms with Gasteiger partial charge in [-0.2, -0.15) is 0 Å². The molecule has 1 aromatic rings. The molecule has 1 saturated heterocycles. The third kappa shape index (κ3) is 6.52. The fraction of sp³-hybridized carbons (Fsp3) is 0.650. The van der Waals surface area contributed by atoms with E-state index in [1.54, 1.807) is 7.11 Å². The first kappa shape index (κ1) is 18.8. The van der Waals surface area contributed by atoms with Crippen molar-refractivity contribution in [3.63, 3.8) is 0 Å². The predicted octanol–water partition coefficient (Wildman–Crippen LogP) is 3.11. The first-order valence-corrected chi connectivity index (χ1v) is 9.18. The Bertz CT molecular complexity index is 491. The van der Waals surface area contributed by atoms with Crippen LogP contribution < -0.4 is 10.1 Å². The van der Waals surface area contributed by atoms with Crippen LogP contribution in [0.15, 0.2) is 24.3 Å². The Morgan fingerprint density at radius 2 is 1.88 bits per heavy atom. The largest absolute Gasteiger partial charge is 0.497 e. The molecule has 0 radical (unpaired) electrons. The Morgan fingerprint density at radius 1 is 1.21 bits per heavy atom. The van der Waals surface area contributed by atoms with E-state index in [1.807, 2.05) is 24.3 Å². The second-order valence-electron chi connectivity index (χ2n) is 7.26. The Labute approximate surface area is 146 Å². The number of aryl methyl sites for hydroxylation is 1. The van der Waals surface area contributed by atoms with Gasteiger partial charge >= 0.3 is 0 Å². The monoisotopic (exact) mass is 332 g/mol. The lowest BCUT2D eigenvalue weighted by Crippen LogP contribution is -2.40. The molecule has 1 aliphatic heterocycles. The van der Waals surface area contributed by atoms with E-state index in [-0.39, 0.29) is 5.91 Å². The first-order valence-electron chi connectivity index (χ1n) is 9.18. The lowest BCUT2D eigenvalue weighted by Gasteiger charge is -2.34. The van der Waals surface area contributed by atoms with Crippen LogP contribution in [0, 0.1) is 11.8 Å². The van der Waals surface area contributed by atoms with Gasteiger partial charge in [0.05, 0.1) is 7.11 Å². The summed E-state index contributed by atoms with van der Waals surface area (Å²) in [5, 5.41) is 3.05. The third-order valence-corrected chi connectivity index (χ3v) is 4.72. The Hall–Kier alpha value is -1.55. The van der Waals surface area contributed by atoms with Gasteiger partial charge in [0, 0.05) is 26.1 Å². The molecule has 1 N–H and O–H groups in total. The van der Waals surface area contributed by atoms with Gasteiger partial charge in [-0.15, -0.1) is 0 Å². The SMILES string of the molecule is COc1ccc(CCC(=O)NCCCN2C[C@H](C)C[C@H](C)C2)cc1. The zero-order chi connectivity index (χ0) is 17.4. The van der Waals surface area contributed by atoms with E-state index in [0.717, 1.165) is 43.5 Å². The molecular formula is C20H32N2O2. The number of carbonyl (C=O) groups is 1. The summed E-state index contributed by atoms with van der Waals surface area (Å²) in [4.78, 5) is 14.5. The average molecular weight is 332 g/mol. The number of hydrogen-bond donors (Lipinski definition) is 1. The summed E-state index contributed by atoms with van der Waals surface area (Å²) in [6.07, 6.45) is 3.70. The fourth-order valence-corrected chi connectivity index (χ4v) is 3.64. The van der Waals surface area contributed by atoms with Crippen molar-refractivity contribution in [2.75, 3.05) is 33.3 Å². The molecule has 0 aromatic heterocycles. The summed E-state index contributed by atoms with van der Waals surface area (Å²) >= 11 is 0. The van der Waals surface area contributed by atoms with Crippen LogP contribution in [0.1, 0.15) is 38.7 Å². The van der Waals surface area contributed by atoms with Gasteiger partial charge in [0.25, 0.3) is 0 Å². The number of carbonyl (C=O) groups excluding carboxylic acids is 1. The summed E-state index contributed by atoms with van der Waals surface area (Å²) in [6, 6.07) is 7.91. The van der Waals surface area contributed by atoms with E-state index in [1.165, 1.54) is 25.1 Å². The van der Waals surface area contributed by atoms with Gasteiger partial charge in [-0.25, -0.2) is 0 Å². The first-order chi connectivity index (χ1) is 11.6. The molecule has 4 heteroatoms. The summed E-state index contributed by atoms with van der Waals surface area (Å²) in [5.74, 6) is 2.59. The van der Waals surface area contributed by atoms with Gasteiger partial charge in [0.2, 0.25) is 5.91 Å². The van der Waals surface area contributed by atoms with E-state index < -0.39 is 0 Å². The second kappa shape index (κ2) is 9.67. The normalized spacial score (nSPS) is 21.5. The molecule has 0 bridgehead atoms. The van der Waals surface area contributed by atoms with E-state index >= 15 is 0 Å². The molecular weight excluding hydrogens is 300 g/mol. The van der Waals surface area contributed by atoms with Crippen molar-refractivity contribution in [1.82, 2.24) is 10.2 Å². The van der Waals surface area contributed by atoms with Crippen molar-refractivity contribution in [3.8, 4) is 5.75 Å². The van der Waals surface area contributed by atoms with Crippen LogP contribution >= 0.6 is 0 Å². The Morgan fingerprint density at radius 3 is 2.50 bits per heavy atom. The van der Waals surface area contributed by atoms with Crippen molar-refractivity contribution in [2.45, 2.75) is 39.5 Å². The van der Waals surface area contributed by atoms with Gasteiger partial charge in [0.1, 0.15) is 5.75 Å². The van der Waals surface area contributed by atoms with Crippen molar-refractivity contribution in [3.05, 3.63) is 29.8 Å². The van der Waals surface area contributed by atoms with E-state index in [9.17, 15) is 4.79 Å². The molecule has 0 spiro atoms. The van der Waals surface area contributed by atoms with Crippen LogP contribution in [0.5, 0.6) is 5.75 Å². The van der Waals surface area contributed by atoms with Gasteiger partial charge < -0.3 is 15.0 Å². The summed E-state index contributed by atoms with van der Waals surface area (Å²) in [5.41, 5.74) is 1.17. The minimum atomic E-state index is 0.145. The maximum absolute atomic E-state index is 11.9. The smallest absolute Gasteiger partial charge is 0.220 e. The zero-order valence-corrected chi connectivity index (χ0v) is 15.4. The summed E-state index contributed by atoms with van der Waals surface area (Å²) in [6.45, 7) is 8.95. The molecule has 1 aromatic carbocycles. The number of benzene rings is 1.